The molecule has 0 aliphatic rings. The van der Waals surface area contributed by atoms with Crippen molar-refractivity contribution in [2.45, 2.75) is 13.8 Å². The van der Waals surface area contributed by atoms with Crippen LogP contribution in [0.4, 0.5) is 4.79 Å². The highest BCUT2D eigenvalue weighted by Crippen LogP contribution is 2.11. The molecule has 0 radical (unpaired) electrons. The van der Waals surface area contributed by atoms with Crippen LogP contribution in [0.1, 0.15) is 13.8 Å². The van der Waals surface area contributed by atoms with Gasteiger partial charge in [0.2, 0.25) is 0 Å². The summed E-state index contributed by atoms with van der Waals surface area (Å²) >= 11 is 0. The molecule has 1 aromatic heterocycles. The zero-order valence-electron chi connectivity index (χ0n) is 13.4. The van der Waals surface area contributed by atoms with E-state index in [-0.39, 0.29) is 18.1 Å². The molecule has 24 heavy (non-hydrogen) atoms. The van der Waals surface area contributed by atoms with Gasteiger partial charge in [0.05, 0.1) is 6.61 Å². The molecule has 0 aliphatic heterocycles. The van der Waals surface area contributed by atoms with E-state index >= 15 is 0 Å². The highest BCUT2D eigenvalue weighted by atomic mass is 16.7. The summed E-state index contributed by atoms with van der Waals surface area (Å²) < 4.78 is 10.9. The summed E-state index contributed by atoms with van der Waals surface area (Å²) in [6.45, 7) is 3.25. The van der Waals surface area contributed by atoms with Crippen LogP contribution in [0.3, 0.4) is 0 Å². The molecule has 6 nitrogen and oxygen atoms in total. The normalized spacial score (nSPS) is 10.8. The Morgan fingerprint density at radius 1 is 1.25 bits per heavy atom. The van der Waals surface area contributed by atoms with Gasteiger partial charge in [-0.25, -0.2) is 4.79 Å². The summed E-state index contributed by atoms with van der Waals surface area (Å²) in [5.41, 5.74) is -0.104. The van der Waals surface area contributed by atoms with E-state index in [9.17, 15) is 15.0 Å². The fourth-order valence-corrected chi connectivity index (χ4v) is 2.07. The number of ether oxygens (including phenoxy) is 2. The van der Waals surface area contributed by atoms with E-state index in [0.29, 0.717) is 0 Å². The minimum Gasteiger partial charge on any atom is -0.758 e. The third kappa shape index (κ3) is 4.15. The van der Waals surface area contributed by atoms with Gasteiger partial charge in [-0.1, -0.05) is 18.2 Å². The van der Waals surface area contributed by atoms with Gasteiger partial charge in [-0.05, 0) is 25.3 Å². The van der Waals surface area contributed by atoms with Crippen molar-refractivity contribution in [2.24, 2.45) is 0 Å². The van der Waals surface area contributed by atoms with Crippen LogP contribution >= 0.6 is 0 Å². The monoisotopic (exact) mass is 324 g/mol. The van der Waals surface area contributed by atoms with Gasteiger partial charge in [0.15, 0.2) is 12.4 Å². The number of pyridine rings is 1. The lowest BCUT2D eigenvalue weighted by Crippen LogP contribution is -2.35. The molecule has 1 aromatic carbocycles. The van der Waals surface area contributed by atoms with Gasteiger partial charge in [0, 0.05) is 17.5 Å². The lowest BCUT2D eigenvalue weighted by atomic mass is 10.1. The highest BCUT2D eigenvalue weighted by molar-refractivity contribution is 6.25. The van der Waals surface area contributed by atoms with Crippen molar-refractivity contribution >= 4 is 34.3 Å². The predicted octanol–water partition coefficient (Wildman–Crippen LogP) is 2.85. The maximum Gasteiger partial charge on any atom is 0.513 e. The Morgan fingerprint density at radius 3 is 2.62 bits per heavy atom. The van der Waals surface area contributed by atoms with E-state index in [1.807, 2.05) is 36.2 Å². The molecule has 0 atom stereocenters. The van der Waals surface area contributed by atoms with E-state index in [4.69, 9.17) is 4.74 Å². The molecule has 1 heterocycles. The van der Waals surface area contributed by atoms with Crippen LogP contribution in [0.5, 0.6) is 0 Å². The minimum absolute atomic E-state index is 0.0487. The molecule has 2 rings (SSSR count). The fraction of sp³-hybridized carbons (Fsp3) is 0.167. The van der Waals surface area contributed by atoms with Crippen LogP contribution in [0.25, 0.3) is 21.9 Å². The topological polar surface area (TPSA) is 78.8 Å². The second-order valence-corrected chi connectivity index (χ2v) is 4.85. The second-order valence-electron chi connectivity index (χ2n) is 4.85. The van der Waals surface area contributed by atoms with Crippen molar-refractivity contribution in [3.63, 3.8) is 0 Å². The zero-order valence-corrected chi connectivity index (χ0v) is 13.4. The highest BCUT2D eigenvalue weighted by Gasteiger charge is 2.18. The number of allylic oxidation sites excluding steroid dienone is 3. The van der Waals surface area contributed by atoms with Gasteiger partial charge in [-0.15, -0.1) is 0 Å². The molecule has 0 saturated heterocycles. The Labute approximate surface area is 139 Å². The van der Waals surface area contributed by atoms with E-state index in [0.717, 1.165) is 16.8 Å². The van der Waals surface area contributed by atoms with E-state index in [1.165, 1.54) is 11.5 Å². The van der Waals surface area contributed by atoms with Crippen molar-refractivity contribution in [1.82, 2.24) is 0 Å². The van der Waals surface area contributed by atoms with Gasteiger partial charge in [0.1, 0.15) is 5.76 Å². The van der Waals surface area contributed by atoms with Crippen LogP contribution in [-0.4, -0.2) is 24.4 Å². The number of fused-ring (bicyclic) bond motifs is 1. The Hall–Kier alpha value is -3.24. The third-order valence-corrected chi connectivity index (χ3v) is 3.13. The average molecular weight is 324 g/mol. The van der Waals surface area contributed by atoms with Gasteiger partial charge in [-0.3, -0.25) is 4.79 Å². The number of carbonyl (C=O) groups is 2. The quantitative estimate of drug-likeness (QED) is 0.278. The Balaban J connectivity index is 2.25. The smallest absolute Gasteiger partial charge is 0.513 e. The summed E-state index contributed by atoms with van der Waals surface area (Å²) in [6, 6.07) is 9.41. The van der Waals surface area contributed by atoms with Crippen LogP contribution in [0, 0.1) is 0 Å². The minimum atomic E-state index is -0.893. The van der Waals surface area contributed by atoms with E-state index in [2.05, 4.69) is 4.74 Å². The summed E-state index contributed by atoms with van der Waals surface area (Å²) in [5, 5.41) is 11.2. The van der Waals surface area contributed by atoms with Crippen LogP contribution in [0.15, 0.2) is 54.6 Å². The summed E-state index contributed by atoms with van der Waals surface area (Å²) in [4.78, 5) is 23.5. The molecule has 122 valence electrons. The number of nitrogens with zero attached hydrogens (tertiary/aromatic N) is 2. The Bertz CT molecular complexity index is 864. The number of aromatic nitrogens is 1. The first kappa shape index (κ1) is 17.1. The van der Waals surface area contributed by atoms with Crippen molar-refractivity contribution in [3.8, 4) is 0 Å². The molecule has 0 amide bonds. The number of hydrogen-bond acceptors (Lipinski definition) is 4. The van der Waals surface area contributed by atoms with Crippen LogP contribution in [-0.2, 0) is 14.3 Å². The van der Waals surface area contributed by atoms with Crippen molar-refractivity contribution in [1.29, 1.82) is 0 Å². The number of rotatable bonds is 5. The number of benzene rings is 1. The standard InChI is InChI=1S/C18H16N2O4/c1-3-23-18(22)24-13(2)10-17(21)16(11-19)20-9-8-14-6-4-5-7-15(14)12-20/h4-10,12H,3H2,1-2H3/b13-10-. The molecule has 0 aliphatic carbocycles. The summed E-state index contributed by atoms with van der Waals surface area (Å²) in [5.74, 6) is 1.36. The molecule has 0 saturated carbocycles. The maximum atomic E-state index is 12.3. The number of carbonyl (C=O) groups excluding carboxylic acids is 2. The number of ketones is 1. The summed E-state index contributed by atoms with van der Waals surface area (Å²) in [6.07, 6.45) is 3.52. The molecule has 0 unspecified atom stereocenters. The average Bonchev–Trinajstić information content (AvgIpc) is 2.55. The van der Waals surface area contributed by atoms with Gasteiger partial charge >= 0.3 is 6.16 Å². The first-order valence-corrected chi connectivity index (χ1v) is 7.30. The maximum absolute atomic E-state index is 12.3. The van der Waals surface area contributed by atoms with Gasteiger partial charge in [-0.2, -0.15) is 10.4 Å². The Kier molecular flexibility index (Phi) is 5.60. The first-order chi connectivity index (χ1) is 11.5. The van der Waals surface area contributed by atoms with Crippen LogP contribution in [0.2, 0.25) is 0 Å². The van der Waals surface area contributed by atoms with Gasteiger partial charge < -0.3 is 14.9 Å². The molecule has 2 aromatic rings. The van der Waals surface area contributed by atoms with Gasteiger partial charge in [0.25, 0.3) is 11.5 Å². The molecular weight excluding hydrogens is 308 g/mol. The largest absolute Gasteiger partial charge is 0.758 e. The SMILES string of the molecule is CCOC(=O)O/C(C)=C\C(=O)C(=C=[N-])[n+]1ccc2ccccc2c1. The fourth-order valence-electron chi connectivity index (χ4n) is 2.07. The molecular formula is C18H16N2O4. The molecule has 0 spiro atoms. The summed E-state index contributed by atoms with van der Waals surface area (Å²) in [7, 11) is 0. The molecule has 0 bridgehead atoms. The van der Waals surface area contributed by atoms with Crippen molar-refractivity contribution in [3.05, 3.63) is 60.0 Å². The molecule has 0 fully saturated rings. The zero-order chi connectivity index (χ0) is 17.5. The molecule has 0 N–H and O–H groups in total. The van der Waals surface area contributed by atoms with Crippen molar-refractivity contribution in [2.75, 3.05) is 6.61 Å². The lowest BCUT2D eigenvalue weighted by molar-refractivity contribution is -0.574. The predicted molar refractivity (Wildman–Crippen MR) is 89.1 cm³/mol. The lowest BCUT2D eigenvalue weighted by Gasteiger charge is -2.04. The second kappa shape index (κ2) is 7.85. The third-order valence-electron chi connectivity index (χ3n) is 3.13. The van der Waals surface area contributed by atoms with E-state index in [1.54, 1.807) is 19.3 Å². The van der Waals surface area contributed by atoms with Crippen molar-refractivity contribution < 1.29 is 23.6 Å². The Morgan fingerprint density at radius 2 is 1.96 bits per heavy atom. The van der Waals surface area contributed by atoms with E-state index < -0.39 is 11.9 Å². The van der Waals surface area contributed by atoms with Crippen LogP contribution < -0.4 is 4.57 Å². The molecule has 6 heteroatoms. The first-order valence-electron chi connectivity index (χ1n) is 7.30. The number of hydrogen-bond donors (Lipinski definition) is 0.